The molecule has 1 aromatic rings. The van der Waals surface area contributed by atoms with Crippen LogP contribution in [0.5, 0.6) is 0 Å². The van der Waals surface area contributed by atoms with Crippen molar-refractivity contribution in [3.05, 3.63) is 18.0 Å². The molecule has 0 fully saturated rings. The van der Waals surface area contributed by atoms with Crippen LogP contribution in [-0.4, -0.2) is 36.6 Å². The fourth-order valence-electron chi connectivity index (χ4n) is 2.45. The minimum atomic E-state index is 0.728. The predicted molar refractivity (Wildman–Crippen MR) is 79.2 cm³/mol. The normalized spacial score (nSPS) is 13.1. The lowest BCUT2D eigenvalue weighted by Crippen LogP contribution is -2.27. The number of aromatic nitrogens is 2. The zero-order valence-electron chi connectivity index (χ0n) is 12.9. The largest absolute Gasteiger partial charge is 0.383 e. The summed E-state index contributed by atoms with van der Waals surface area (Å²) in [5.74, 6) is 1.48. The highest BCUT2D eigenvalue weighted by Crippen LogP contribution is 2.17. The standard InChI is InChI=1S/C15H29N3O/c1-13(2)11-14(12-16-9-10-19-4)5-6-15-7-8-17-18(15)3/h7-8,13-14,16H,5-6,9-12H2,1-4H3. The summed E-state index contributed by atoms with van der Waals surface area (Å²) in [6.45, 7) is 7.41. The lowest BCUT2D eigenvalue weighted by molar-refractivity contribution is 0.196. The predicted octanol–water partition coefficient (Wildman–Crippen LogP) is 2.25. The van der Waals surface area contributed by atoms with Gasteiger partial charge in [-0.05, 0) is 43.7 Å². The molecule has 1 atom stereocenters. The lowest BCUT2D eigenvalue weighted by Gasteiger charge is -2.19. The van der Waals surface area contributed by atoms with Gasteiger partial charge >= 0.3 is 0 Å². The maximum Gasteiger partial charge on any atom is 0.0587 e. The molecule has 110 valence electrons. The van der Waals surface area contributed by atoms with Crippen LogP contribution >= 0.6 is 0 Å². The van der Waals surface area contributed by atoms with Crippen molar-refractivity contribution in [2.24, 2.45) is 18.9 Å². The van der Waals surface area contributed by atoms with E-state index in [1.165, 1.54) is 18.5 Å². The zero-order valence-corrected chi connectivity index (χ0v) is 12.9. The highest BCUT2D eigenvalue weighted by molar-refractivity contribution is 5.00. The fraction of sp³-hybridized carbons (Fsp3) is 0.800. The van der Waals surface area contributed by atoms with Gasteiger partial charge in [0.25, 0.3) is 0 Å². The van der Waals surface area contributed by atoms with E-state index in [9.17, 15) is 0 Å². The number of aryl methyl sites for hydroxylation is 2. The SMILES string of the molecule is COCCNCC(CCc1ccnn1C)CC(C)C. The highest BCUT2D eigenvalue weighted by Gasteiger charge is 2.12. The van der Waals surface area contributed by atoms with Gasteiger partial charge in [0.2, 0.25) is 0 Å². The maximum absolute atomic E-state index is 5.07. The Labute approximate surface area is 117 Å². The van der Waals surface area contributed by atoms with Crippen molar-refractivity contribution >= 4 is 0 Å². The molecule has 0 saturated heterocycles. The van der Waals surface area contributed by atoms with E-state index in [-0.39, 0.29) is 0 Å². The molecular weight excluding hydrogens is 238 g/mol. The molecule has 0 aromatic carbocycles. The average Bonchev–Trinajstić information content (AvgIpc) is 2.76. The third kappa shape index (κ3) is 6.73. The van der Waals surface area contributed by atoms with Crippen LogP contribution in [0, 0.1) is 11.8 Å². The summed E-state index contributed by atoms with van der Waals surface area (Å²) in [6.07, 6.45) is 5.49. The van der Waals surface area contributed by atoms with Crippen LogP contribution in [0.4, 0.5) is 0 Å². The molecule has 0 aliphatic rings. The number of ether oxygens (including phenoxy) is 1. The van der Waals surface area contributed by atoms with Gasteiger partial charge in [0, 0.05) is 32.6 Å². The van der Waals surface area contributed by atoms with Gasteiger partial charge in [-0.15, -0.1) is 0 Å². The van der Waals surface area contributed by atoms with Gasteiger partial charge < -0.3 is 10.1 Å². The Morgan fingerprint density at radius 1 is 1.42 bits per heavy atom. The molecular formula is C15H29N3O. The van der Waals surface area contributed by atoms with Gasteiger partial charge in [-0.2, -0.15) is 5.10 Å². The van der Waals surface area contributed by atoms with Gasteiger partial charge in [-0.3, -0.25) is 4.68 Å². The van der Waals surface area contributed by atoms with Gasteiger partial charge in [0.1, 0.15) is 0 Å². The molecule has 0 aliphatic heterocycles. The first kappa shape index (κ1) is 16.2. The number of methoxy groups -OCH3 is 1. The van der Waals surface area contributed by atoms with E-state index in [4.69, 9.17) is 4.74 Å². The fourth-order valence-corrected chi connectivity index (χ4v) is 2.45. The molecule has 0 spiro atoms. The van der Waals surface area contributed by atoms with Crippen LogP contribution in [-0.2, 0) is 18.2 Å². The molecule has 0 saturated carbocycles. The molecule has 19 heavy (non-hydrogen) atoms. The Kier molecular flexibility index (Phi) is 7.75. The number of nitrogens with one attached hydrogen (secondary N) is 1. The van der Waals surface area contributed by atoms with Crippen molar-refractivity contribution in [2.75, 3.05) is 26.8 Å². The monoisotopic (exact) mass is 267 g/mol. The third-order valence-corrected chi connectivity index (χ3v) is 3.45. The van der Waals surface area contributed by atoms with Crippen molar-refractivity contribution in [1.82, 2.24) is 15.1 Å². The average molecular weight is 267 g/mol. The Morgan fingerprint density at radius 2 is 2.21 bits per heavy atom. The second-order valence-electron chi connectivity index (χ2n) is 5.68. The topological polar surface area (TPSA) is 39.1 Å². The van der Waals surface area contributed by atoms with Crippen molar-refractivity contribution < 1.29 is 4.74 Å². The van der Waals surface area contributed by atoms with Crippen LogP contribution < -0.4 is 5.32 Å². The quantitative estimate of drug-likeness (QED) is 0.661. The number of hydrogen-bond acceptors (Lipinski definition) is 3. The van der Waals surface area contributed by atoms with Crippen LogP contribution in [0.2, 0.25) is 0 Å². The summed E-state index contributed by atoms with van der Waals surface area (Å²) in [7, 11) is 3.76. The van der Waals surface area contributed by atoms with Crippen LogP contribution in [0.15, 0.2) is 12.3 Å². The second-order valence-corrected chi connectivity index (χ2v) is 5.68. The van der Waals surface area contributed by atoms with Crippen molar-refractivity contribution in [3.63, 3.8) is 0 Å². The molecule has 1 heterocycles. The molecule has 1 rings (SSSR count). The first-order valence-corrected chi connectivity index (χ1v) is 7.30. The van der Waals surface area contributed by atoms with Crippen LogP contribution in [0.25, 0.3) is 0 Å². The summed E-state index contributed by atoms with van der Waals surface area (Å²) in [5.41, 5.74) is 1.32. The Morgan fingerprint density at radius 3 is 2.79 bits per heavy atom. The third-order valence-electron chi connectivity index (χ3n) is 3.45. The van der Waals surface area contributed by atoms with E-state index >= 15 is 0 Å². The number of nitrogens with zero attached hydrogens (tertiary/aromatic N) is 2. The van der Waals surface area contributed by atoms with Crippen molar-refractivity contribution in [2.45, 2.75) is 33.1 Å². The smallest absolute Gasteiger partial charge is 0.0587 e. The summed E-state index contributed by atoms with van der Waals surface area (Å²) < 4.78 is 7.04. The van der Waals surface area contributed by atoms with E-state index in [0.29, 0.717) is 0 Å². The van der Waals surface area contributed by atoms with Crippen molar-refractivity contribution in [1.29, 1.82) is 0 Å². The second kappa shape index (κ2) is 9.10. The van der Waals surface area contributed by atoms with Crippen molar-refractivity contribution in [3.8, 4) is 0 Å². The van der Waals surface area contributed by atoms with E-state index in [1.54, 1.807) is 7.11 Å². The number of rotatable bonds is 10. The first-order chi connectivity index (χ1) is 9.13. The molecule has 1 N–H and O–H groups in total. The Hall–Kier alpha value is -0.870. The molecule has 0 aliphatic carbocycles. The molecule has 0 radical (unpaired) electrons. The van der Waals surface area contributed by atoms with Gasteiger partial charge in [0.05, 0.1) is 6.61 Å². The molecule has 0 bridgehead atoms. The lowest BCUT2D eigenvalue weighted by atomic mass is 9.92. The summed E-state index contributed by atoms with van der Waals surface area (Å²) >= 11 is 0. The highest BCUT2D eigenvalue weighted by atomic mass is 16.5. The number of hydrogen-bond donors (Lipinski definition) is 1. The Balaban J connectivity index is 2.34. The summed E-state index contributed by atoms with van der Waals surface area (Å²) in [4.78, 5) is 0. The molecule has 1 aromatic heterocycles. The van der Waals surface area contributed by atoms with E-state index in [1.807, 2.05) is 17.9 Å². The minimum absolute atomic E-state index is 0.728. The molecule has 4 nitrogen and oxygen atoms in total. The Bertz CT molecular complexity index is 336. The van der Waals surface area contributed by atoms with E-state index in [0.717, 1.165) is 38.0 Å². The van der Waals surface area contributed by atoms with Gasteiger partial charge in [-0.25, -0.2) is 0 Å². The minimum Gasteiger partial charge on any atom is -0.383 e. The first-order valence-electron chi connectivity index (χ1n) is 7.30. The summed E-state index contributed by atoms with van der Waals surface area (Å²) in [6, 6.07) is 2.12. The van der Waals surface area contributed by atoms with Gasteiger partial charge in [0.15, 0.2) is 0 Å². The van der Waals surface area contributed by atoms with E-state index < -0.39 is 0 Å². The van der Waals surface area contributed by atoms with Crippen LogP contribution in [0.3, 0.4) is 0 Å². The molecule has 4 heteroatoms. The van der Waals surface area contributed by atoms with Crippen LogP contribution in [0.1, 0.15) is 32.4 Å². The molecule has 0 amide bonds. The zero-order chi connectivity index (χ0) is 14.1. The van der Waals surface area contributed by atoms with E-state index in [2.05, 4.69) is 30.3 Å². The maximum atomic E-state index is 5.07. The molecule has 1 unspecified atom stereocenters. The van der Waals surface area contributed by atoms with Gasteiger partial charge in [-0.1, -0.05) is 13.8 Å². The summed E-state index contributed by atoms with van der Waals surface area (Å²) in [5, 5.41) is 7.72.